The van der Waals surface area contributed by atoms with E-state index in [1.807, 2.05) is 0 Å². The molecule has 0 N–H and O–H groups in total. The fourth-order valence-corrected chi connectivity index (χ4v) is 3.15. The number of benzene rings is 1. The van der Waals surface area contributed by atoms with Gasteiger partial charge in [0.2, 0.25) is 0 Å². The van der Waals surface area contributed by atoms with E-state index in [-0.39, 0.29) is 18.1 Å². The first-order valence-electron chi connectivity index (χ1n) is 6.43. The molecule has 0 fully saturated rings. The van der Waals surface area contributed by atoms with E-state index in [4.69, 9.17) is 9.47 Å². The van der Waals surface area contributed by atoms with Crippen molar-refractivity contribution in [3.05, 3.63) is 24.3 Å². The summed E-state index contributed by atoms with van der Waals surface area (Å²) in [6, 6.07) is 6.98. The van der Waals surface area contributed by atoms with Crippen LogP contribution < -0.4 is 9.47 Å². The van der Waals surface area contributed by atoms with Crippen LogP contribution in [-0.4, -0.2) is 46.7 Å². The Kier molecular flexibility index (Phi) is 6.48. The molecule has 1 aromatic carbocycles. The van der Waals surface area contributed by atoms with Crippen LogP contribution in [0, 0.1) is 5.92 Å². The Morgan fingerprint density at radius 3 is 2.38 bits per heavy atom. The van der Waals surface area contributed by atoms with Crippen LogP contribution in [0.5, 0.6) is 11.5 Å². The van der Waals surface area contributed by atoms with E-state index in [1.54, 1.807) is 24.3 Å². The molecule has 0 amide bonds. The normalized spacial score (nSPS) is 12.5. The van der Waals surface area contributed by atoms with Crippen molar-refractivity contribution in [2.45, 2.75) is 6.92 Å². The van der Waals surface area contributed by atoms with Gasteiger partial charge in [0, 0.05) is 0 Å². The van der Waals surface area contributed by atoms with E-state index in [2.05, 4.69) is 4.74 Å². The molecule has 1 atom stereocenters. The molecular formula is C14H20O6S. The molecule has 6 nitrogen and oxygen atoms in total. The van der Waals surface area contributed by atoms with Gasteiger partial charge in [-0.05, 0) is 12.1 Å². The number of hydrogen-bond donors (Lipinski definition) is 0. The summed E-state index contributed by atoms with van der Waals surface area (Å²) in [4.78, 5) is 11.2. The number of hydrogen-bond acceptors (Lipinski definition) is 6. The maximum absolute atomic E-state index is 11.9. The van der Waals surface area contributed by atoms with Crippen molar-refractivity contribution in [1.82, 2.24) is 0 Å². The number of methoxy groups -OCH3 is 2. The molecule has 0 heterocycles. The summed E-state index contributed by atoms with van der Waals surface area (Å²) in [7, 11) is -0.649. The molecule has 0 aromatic heterocycles. The number of carbonyl (C=O) groups excluding carboxylic acids is 1. The topological polar surface area (TPSA) is 78.9 Å². The number of ether oxygens (including phenoxy) is 3. The van der Waals surface area contributed by atoms with Crippen LogP contribution in [0.3, 0.4) is 0 Å². The van der Waals surface area contributed by atoms with Crippen LogP contribution in [0.2, 0.25) is 0 Å². The lowest BCUT2D eigenvalue weighted by Gasteiger charge is -2.12. The van der Waals surface area contributed by atoms with Gasteiger partial charge in [0.05, 0.1) is 31.6 Å². The largest absolute Gasteiger partial charge is 0.493 e. The number of para-hydroxylation sites is 2. The number of rotatable bonds is 8. The third kappa shape index (κ3) is 5.63. The first-order valence-corrected chi connectivity index (χ1v) is 8.26. The number of esters is 1. The van der Waals surface area contributed by atoms with E-state index in [1.165, 1.54) is 21.1 Å². The first kappa shape index (κ1) is 17.3. The Bertz CT molecular complexity index is 567. The third-order valence-corrected chi connectivity index (χ3v) is 4.63. The van der Waals surface area contributed by atoms with Gasteiger partial charge < -0.3 is 14.2 Å². The van der Waals surface area contributed by atoms with Crippen molar-refractivity contribution in [2.75, 3.05) is 32.3 Å². The summed E-state index contributed by atoms with van der Waals surface area (Å²) < 4.78 is 38.8. The minimum absolute atomic E-state index is 0.00337. The van der Waals surface area contributed by atoms with Gasteiger partial charge in [0.1, 0.15) is 6.61 Å². The molecule has 1 rings (SSSR count). The summed E-state index contributed by atoms with van der Waals surface area (Å²) in [5.41, 5.74) is 0. The quantitative estimate of drug-likeness (QED) is 0.673. The van der Waals surface area contributed by atoms with Gasteiger partial charge >= 0.3 is 5.97 Å². The molecule has 0 bridgehead atoms. The molecule has 0 aliphatic rings. The minimum atomic E-state index is -3.39. The predicted molar refractivity (Wildman–Crippen MR) is 78.3 cm³/mol. The van der Waals surface area contributed by atoms with Gasteiger partial charge in [-0.15, -0.1) is 0 Å². The molecule has 0 aliphatic heterocycles. The fraction of sp³-hybridized carbons (Fsp3) is 0.500. The highest BCUT2D eigenvalue weighted by Gasteiger charge is 2.22. The zero-order valence-corrected chi connectivity index (χ0v) is 13.2. The summed E-state index contributed by atoms with van der Waals surface area (Å²) in [6.45, 7) is 1.51. The van der Waals surface area contributed by atoms with Crippen LogP contribution in [0.1, 0.15) is 6.92 Å². The summed E-state index contributed by atoms with van der Waals surface area (Å²) in [5, 5.41) is 0. The lowest BCUT2D eigenvalue weighted by Crippen LogP contribution is -2.26. The van der Waals surface area contributed by atoms with E-state index >= 15 is 0 Å². The molecule has 118 valence electrons. The van der Waals surface area contributed by atoms with Crippen molar-refractivity contribution in [3.8, 4) is 11.5 Å². The SMILES string of the molecule is COC(=O)C(C)CS(=O)(=O)CCOc1ccccc1OC. The van der Waals surface area contributed by atoms with Gasteiger partial charge in [-0.2, -0.15) is 0 Å². The van der Waals surface area contributed by atoms with E-state index in [0.29, 0.717) is 11.5 Å². The molecular weight excluding hydrogens is 296 g/mol. The van der Waals surface area contributed by atoms with E-state index in [0.717, 1.165) is 0 Å². The second-order valence-corrected chi connectivity index (χ2v) is 6.77. The maximum Gasteiger partial charge on any atom is 0.309 e. The number of carbonyl (C=O) groups is 1. The second-order valence-electron chi connectivity index (χ2n) is 4.54. The van der Waals surface area contributed by atoms with E-state index in [9.17, 15) is 13.2 Å². The molecule has 21 heavy (non-hydrogen) atoms. The standard InChI is InChI=1S/C14H20O6S/c1-11(14(15)19-3)10-21(16,17)9-8-20-13-7-5-4-6-12(13)18-2/h4-7,11H,8-10H2,1-3H3. The summed E-state index contributed by atoms with van der Waals surface area (Å²) in [5.74, 6) is -0.633. The Morgan fingerprint density at radius 1 is 1.19 bits per heavy atom. The third-order valence-electron chi connectivity index (χ3n) is 2.83. The monoisotopic (exact) mass is 316 g/mol. The minimum Gasteiger partial charge on any atom is -0.493 e. The van der Waals surface area contributed by atoms with Crippen molar-refractivity contribution in [3.63, 3.8) is 0 Å². The van der Waals surface area contributed by atoms with E-state index < -0.39 is 21.7 Å². The smallest absolute Gasteiger partial charge is 0.309 e. The molecule has 0 aliphatic carbocycles. The maximum atomic E-state index is 11.9. The zero-order chi connectivity index (χ0) is 15.9. The average molecular weight is 316 g/mol. The Hall–Kier alpha value is -1.76. The van der Waals surface area contributed by atoms with Crippen LogP contribution in [0.25, 0.3) is 0 Å². The van der Waals surface area contributed by atoms with Crippen molar-refractivity contribution in [2.24, 2.45) is 5.92 Å². The predicted octanol–water partition coefficient (Wildman–Crippen LogP) is 1.30. The molecule has 0 spiro atoms. The van der Waals surface area contributed by atoms with Gasteiger partial charge in [0.15, 0.2) is 21.3 Å². The Morgan fingerprint density at radius 2 is 1.81 bits per heavy atom. The van der Waals surface area contributed by atoms with Crippen LogP contribution in [0.15, 0.2) is 24.3 Å². The number of sulfone groups is 1. The summed E-state index contributed by atoms with van der Waals surface area (Å²) >= 11 is 0. The lowest BCUT2D eigenvalue weighted by molar-refractivity contribution is -0.144. The Balaban J connectivity index is 2.52. The highest BCUT2D eigenvalue weighted by molar-refractivity contribution is 7.91. The van der Waals surface area contributed by atoms with Gasteiger partial charge in [-0.3, -0.25) is 4.79 Å². The van der Waals surface area contributed by atoms with Crippen molar-refractivity contribution >= 4 is 15.8 Å². The lowest BCUT2D eigenvalue weighted by atomic mass is 10.2. The molecule has 0 saturated carbocycles. The van der Waals surface area contributed by atoms with Gasteiger partial charge in [-0.1, -0.05) is 19.1 Å². The van der Waals surface area contributed by atoms with Crippen LogP contribution in [0.4, 0.5) is 0 Å². The first-order chi connectivity index (χ1) is 9.89. The molecule has 7 heteroatoms. The molecule has 0 radical (unpaired) electrons. The van der Waals surface area contributed by atoms with Crippen molar-refractivity contribution < 1.29 is 27.4 Å². The highest BCUT2D eigenvalue weighted by Crippen LogP contribution is 2.25. The second kappa shape index (κ2) is 7.87. The molecule has 1 unspecified atom stereocenters. The summed E-state index contributed by atoms with van der Waals surface area (Å²) in [6.07, 6.45) is 0. The van der Waals surface area contributed by atoms with Gasteiger partial charge in [0.25, 0.3) is 0 Å². The van der Waals surface area contributed by atoms with Crippen LogP contribution >= 0.6 is 0 Å². The molecule has 0 saturated heterocycles. The Labute approximate surface area is 124 Å². The highest BCUT2D eigenvalue weighted by atomic mass is 32.2. The average Bonchev–Trinajstić information content (AvgIpc) is 2.46. The molecule has 1 aromatic rings. The fourth-order valence-electron chi connectivity index (χ4n) is 1.75. The van der Waals surface area contributed by atoms with Crippen molar-refractivity contribution in [1.29, 1.82) is 0 Å². The van der Waals surface area contributed by atoms with Gasteiger partial charge in [-0.25, -0.2) is 8.42 Å². The van der Waals surface area contributed by atoms with Crippen LogP contribution in [-0.2, 0) is 19.4 Å². The zero-order valence-electron chi connectivity index (χ0n) is 12.4.